The molecule has 0 spiro atoms. The van der Waals surface area contributed by atoms with Crippen molar-refractivity contribution in [2.45, 2.75) is 94.7 Å². The van der Waals surface area contributed by atoms with Gasteiger partial charge in [0, 0.05) is 29.0 Å². The van der Waals surface area contributed by atoms with E-state index >= 15 is 0 Å². The summed E-state index contributed by atoms with van der Waals surface area (Å²) in [5, 5.41) is 23.6. The lowest BCUT2D eigenvalue weighted by atomic mass is 9.53. The number of alkyl halides is 3. The minimum absolute atomic E-state index is 0.189. The summed E-state index contributed by atoms with van der Waals surface area (Å²) >= 11 is 0. The van der Waals surface area contributed by atoms with Crippen LogP contribution in [0.2, 0.25) is 0 Å². The van der Waals surface area contributed by atoms with E-state index in [9.17, 15) is 28.3 Å². The van der Waals surface area contributed by atoms with Gasteiger partial charge in [0.25, 0.3) is 0 Å². The number of aliphatic hydroxyl groups is 1. The van der Waals surface area contributed by atoms with Crippen LogP contribution in [0.3, 0.4) is 0 Å². The highest BCUT2D eigenvalue weighted by Gasteiger charge is 2.63. The average molecular weight is 531 g/mol. The molecule has 0 saturated heterocycles. The Morgan fingerprint density at radius 3 is 2.32 bits per heavy atom. The molecule has 1 N–H and O–H groups in total. The van der Waals surface area contributed by atoms with Gasteiger partial charge in [0.05, 0.1) is 11.6 Å². The van der Waals surface area contributed by atoms with Crippen molar-refractivity contribution in [3.63, 3.8) is 0 Å². The highest BCUT2D eigenvalue weighted by molar-refractivity contribution is 5.96. The predicted octanol–water partition coefficient (Wildman–Crippen LogP) is 5.57. The molecular weight excluding hydrogens is 497 g/mol. The number of halogens is 3. The van der Waals surface area contributed by atoms with E-state index in [1.54, 1.807) is 29.2 Å². The number of anilines is 1. The van der Waals surface area contributed by atoms with Crippen LogP contribution in [-0.2, 0) is 15.6 Å². The molecule has 2 aromatic rings. The van der Waals surface area contributed by atoms with E-state index < -0.39 is 36.4 Å². The second kappa shape index (κ2) is 8.80. The third kappa shape index (κ3) is 4.49. The predicted molar refractivity (Wildman–Crippen MR) is 132 cm³/mol. The number of nitrogens with zero attached hydrogens (tertiary/aromatic N) is 4. The summed E-state index contributed by atoms with van der Waals surface area (Å²) in [7, 11) is 0. The topological polar surface area (TPSA) is 103 Å². The molecule has 4 aliphatic carbocycles. The van der Waals surface area contributed by atoms with Gasteiger partial charge in [-0.1, -0.05) is 32.0 Å². The van der Waals surface area contributed by atoms with Gasteiger partial charge in [0.1, 0.15) is 0 Å². The number of rotatable bonds is 5. The number of benzene rings is 1. The average Bonchev–Trinajstić information content (AvgIpc) is 3.38. The molecule has 0 radical (unpaired) electrons. The van der Waals surface area contributed by atoms with Crippen LogP contribution in [0.4, 0.5) is 18.9 Å². The smallest absolute Gasteiger partial charge is 0.380 e. The lowest BCUT2D eigenvalue weighted by molar-refractivity contribution is -0.295. The number of carbonyl (C=O) groups is 1. The Bertz CT molecular complexity index is 1240. The largest absolute Gasteiger partial charge is 0.417 e. The molecule has 2 bridgehead atoms. The first kappa shape index (κ1) is 26.7. The van der Waals surface area contributed by atoms with Crippen molar-refractivity contribution >= 4 is 11.6 Å². The number of fused-ring (bicyclic) bond motifs is 3. The van der Waals surface area contributed by atoms with Crippen LogP contribution in [-0.4, -0.2) is 39.5 Å². The number of hydrogen-bond donors (Lipinski definition) is 1. The summed E-state index contributed by atoms with van der Waals surface area (Å²) in [4.78, 5) is 19.9. The van der Waals surface area contributed by atoms with Gasteiger partial charge < -0.3 is 14.5 Å². The van der Waals surface area contributed by atoms with Crippen molar-refractivity contribution in [3.8, 4) is 6.07 Å². The van der Waals surface area contributed by atoms with Crippen LogP contribution in [0.25, 0.3) is 0 Å². The quantitative estimate of drug-likeness (QED) is 0.542. The van der Waals surface area contributed by atoms with Crippen molar-refractivity contribution < 1.29 is 27.6 Å². The van der Waals surface area contributed by atoms with Crippen molar-refractivity contribution in [2.24, 2.45) is 11.3 Å². The fourth-order valence-corrected chi connectivity index (χ4v) is 6.32. The summed E-state index contributed by atoms with van der Waals surface area (Å²) in [6, 6.07) is 8.69. The maximum Gasteiger partial charge on any atom is 0.417 e. The number of nitriles is 1. The lowest BCUT2D eigenvalue weighted by Gasteiger charge is -2.53. The molecule has 4 fully saturated rings. The first-order valence-corrected chi connectivity index (χ1v) is 13.1. The Labute approximate surface area is 220 Å². The second-order valence-corrected chi connectivity index (χ2v) is 12.7. The van der Waals surface area contributed by atoms with Crippen LogP contribution in [0.15, 0.2) is 28.8 Å². The van der Waals surface area contributed by atoms with E-state index in [0.717, 1.165) is 38.5 Å². The SMILES string of the molecule is CC(C)(C)c1noc(C23CCC(CN(C(=O)C4CC(O)(C(F)(F)F)C4)c4cccc(C#N)c4)(CC2)CC3)n1. The van der Waals surface area contributed by atoms with E-state index in [0.29, 0.717) is 29.5 Å². The van der Waals surface area contributed by atoms with Crippen molar-refractivity contribution in [1.82, 2.24) is 10.1 Å². The Kier molecular flexibility index (Phi) is 6.18. The van der Waals surface area contributed by atoms with Gasteiger partial charge in [0.15, 0.2) is 11.4 Å². The van der Waals surface area contributed by atoms with Crippen molar-refractivity contribution in [2.75, 3.05) is 11.4 Å². The van der Waals surface area contributed by atoms with E-state index in [2.05, 4.69) is 11.2 Å². The lowest BCUT2D eigenvalue weighted by Crippen LogP contribution is -2.60. The van der Waals surface area contributed by atoms with Gasteiger partial charge in [-0.05, 0) is 75.0 Å². The van der Waals surface area contributed by atoms with Crippen molar-refractivity contribution in [3.05, 3.63) is 41.5 Å². The molecule has 0 atom stereocenters. The second-order valence-electron chi connectivity index (χ2n) is 12.7. The Hall–Kier alpha value is -2.93. The molecule has 1 aromatic heterocycles. The van der Waals surface area contributed by atoms with E-state index in [4.69, 9.17) is 9.51 Å². The zero-order valence-corrected chi connectivity index (χ0v) is 21.9. The number of amides is 1. The van der Waals surface area contributed by atoms with Crippen LogP contribution in [0, 0.1) is 22.7 Å². The van der Waals surface area contributed by atoms with E-state index in [1.807, 2.05) is 20.8 Å². The van der Waals surface area contributed by atoms with Crippen LogP contribution < -0.4 is 4.90 Å². The third-order valence-corrected chi connectivity index (χ3v) is 9.04. The molecule has 4 saturated carbocycles. The van der Waals surface area contributed by atoms with Gasteiger partial charge in [-0.2, -0.15) is 23.4 Å². The Morgan fingerprint density at radius 2 is 1.79 bits per heavy atom. The summed E-state index contributed by atoms with van der Waals surface area (Å²) in [5.74, 6) is -0.00852. The first-order valence-electron chi connectivity index (χ1n) is 13.1. The molecule has 1 amide bonds. The summed E-state index contributed by atoms with van der Waals surface area (Å²) < 4.78 is 45.5. The van der Waals surface area contributed by atoms with E-state index in [1.165, 1.54) is 0 Å². The molecule has 4 aliphatic rings. The Balaban J connectivity index is 1.36. The van der Waals surface area contributed by atoms with Crippen LogP contribution in [0.1, 0.15) is 89.4 Å². The molecular formula is C28H33F3N4O3. The standard InChI is InChI=1S/C28H33F3N4O3/c1-24(2,3)22-33-23(38-34-22)26-10-7-25(8-11-26,9-12-26)17-35(20-6-4-5-18(13-20)16-32)21(36)19-14-27(37,15-19)28(29,30)31/h4-6,13,19,37H,7-12,14-15,17H2,1-3H3. The molecule has 0 aliphatic heterocycles. The van der Waals surface area contributed by atoms with Crippen LogP contribution in [0.5, 0.6) is 0 Å². The molecule has 1 heterocycles. The monoisotopic (exact) mass is 530 g/mol. The van der Waals surface area contributed by atoms with Crippen LogP contribution >= 0.6 is 0 Å². The number of hydrogen-bond acceptors (Lipinski definition) is 6. The summed E-state index contributed by atoms with van der Waals surface area (Å²) in [6.45, 7) is 6.47. The maximum atomic E-state index is 13.6. The molecule has 204 valence electrons. The highest BCUT2D eigenvalue weighted by Crippen LogP contribution is 2.58. The normalized spacial score (nSPS) is 30.9. The molecule has 6 rings (SSSR count). The number of carbonyl (C=O) groups excluding carboxylic acids is 1. The highest BCUT2D eigenvalue weighted by atomic mass is 19.4. The third-order valence-electron chi connectivity index (χ3n) is 9.04. The minimum atomic E-state index is -4.77. The minimum Gasteiger partial charge on any atom is -0.380 e. The van der Waals surface area contributed by atoms with Gasteiger partial charge in [-0.25, -0.2) is 0 Å². The maximum absolute atomic E-state index is 13.6. The van der Waals surface area contributed by atoms with Gasteiger partial charge in [0.2, 0.25) is 11.8 Å². The molecule has 38 heavy (non-hydrogen) atoms. The van der Waals surface area contributed by atoms with E-state index in [-0.39, 0.29) is 16.2 Å². The number of aromatic nitrogens is 2. The zero-order valence-electron chi connectivity index (χ0n) is 21.9. The summed E-state index contributed by atoms with van der Waals surface area (Å²) in [5.41, 5.74) is -2.56. The van der Waals surface area contributed by atoms with Gasteiger partial charge in [-0.15, -0.1) is 0 Å². The van der Waals surface area contributed by atoms with Gasteiger partial charge in [-0.3, -0.25) is 4.79 Å². The fourth-order valence-electron chi connectivity index (χ4n) is 6.32. The molecule has 7 nitrogen and oxygen atoms in total. The van der Waals surface area contributed by atoms with Crippen molar-refractivity contribution in [1.29, 1.82) is 5.26 Å². The molecule has 0 unspecified atom stereocenters. The zero-order chi connectivity index (χ0) is 27.6. The first-order chi connectivity index (χ1) is 17.7. The molecule has 1 aromatic carbocycles. The summed E-state index contributed by atoms with van der Waals surface area (Å²) in [6.07, 6.45) is -1.12. The molecule has 10 heteroatoms. The Morgan fingerprint density at radius 1 is 1.16 bits per heavy atom. The fraction of sp³-hybridized carbons (Fsp3) is 0.643. The van der Waals surface area contributed by atoms with Gasteiger partial charge >= 0.3 is 6.18 Å².